The molecule has 0 aromatic heterocycles. The van der Waals surface area contributed by atoms with E-state index in [9.17, 15) is 13.2 Å². The van der Waals surface area contributed by atoms with Crippen LogP contribution < -0.4 is 10.1 Å². The molecule has 1 N–H and O–H groups in total. The maximum atomic E-state index is 11.7. The molecule has 1 aromatic rings. The molecular formula is C15H21NO4S. The topological polar surface area (TPSA) is 72.5 Å². The number of amides is 1. The number of nitrogens with one attached hydrogen (secondary N) is 1. The van der Waals surface area contributed by atoms with Gasteiger partial charge in [-0.25, -0.2) is 8.42 Å². The molecule has 0 saturated heterocycles. The van der Waals surface area contributed by atoms with Crippen LogP contribution in [0.25, 0.3) is 0 Å². The molecule has 0 spiro atoms. The van der Waals surface area contributed by atoms with Crippen LogP contribution in [0, 0.1) is 5.92 Å². The van der Waals surface area contributed by atoms with Gasteiger partial charge < -0.3 is 10.1 Å². The number of hydrogen-bond acceptors (Lipinski definition) is 4. The molecule has 0 radical (unpaired) electrons. The second-order valence-electron chi connectivity index (χ2n) is 5.80. The van der Waals surface area contributed by atoms with E-state index in [-0.39, 0.29) is 17.8 Å². The molecule has 1 amide bonds. The zero-order chi connectivity index (χ0) is 15.5. The van der Waals surface area contributed by atoms with Crippen LogP contribution in [0.3, 0.4) is 0 Å². The number of fused-ring (bicyclic) bond motifs is 1. The lowest BCUT2D eigenvalue weighted by Crippen LogP contribution is -2.38. The zero-order valence-corrected chi connectivity index (χ0v) is 13.2. The molecule has 1 aliphatic rings. The van der Waals surface area contributed by atoms with Crippen molar-refractivity contribution in [2.75, 3.05) is 18.1 Å². The van der Waals surface area contributed by atoms with Gasteiger partial charge >= 0.3 is 0 Å². The van der Waals surface area contributed by atoms with Crippen LogP contribution in [0.2, 0.25) is 0 Å². The Morgan fingerprint density at radius 1 is 1.38 bits per heavy atom. The first-order valence-electron chi connectivity index (χ1n) is 7.07. The van der Waals surface area contributed by atoms with E-state index in [0.717, 1.165) is 17.7 Å². The molecule has 0 aliphatic carbocycles. The molecule has 2 rings (SSSR count). The summed E-state index contributed by atoms with van der Waals surface area (Å²) in [6.45, 7) is 3.96. The number of carbonyl (C=O) groups is 1. The van der Waals surface area contributed by atoms with E-state index in [1.165, 1.54) is 0 Å². The molecule has 5 nitrogen and oxygen atoms in total. The summed E-state index contributed by atoms with van der Waals surface area (Å²) >= 11 is 0. The average molecular weight is 311 g/mol. The number of para-hydroxylation sites is 1. The number of hydrogen-bond donors (Lipinski definition) is 1. The quantitative estimate of drug-likeness (QED) is 0.856. The van der Waals surface area contributed by atoms with Crippen LogP contribution in [0.5, 0.6) is 5.75 Å². The molecule has 0 bridgehead atoms. The minimum Gasteiger partial charge on any atom is -0.488 e. The molecular weight excluding hydrogens is 290 g/mol. The van der Waals surface area contributed by atoms with E-state index in [0.29, 0.717) is 6.54 Å². The van der Waals surface area contributed by atoms with Crippen LogP contribution in [-0.4, -0.2) is 38.5 Å². The third kappa shape index (κ3) is 4.74. The standard InChI is InChI=1S/C15H21NO4S/c1-11(2)9-21(18,19)10-15(17)16-8-13-7-12-5-3-4-6-14(12)20-13/h3-6,11,13H,7-10H2,1-2H3,(H,16,17). The number of sulfone groups is 1. The Labute approximate surface area is 125 Å². The first-order valence-corrected chi connectivity index (χ1v) is 8.89. The van der Waals surface area contributed by atoms with Crippen molar-refractivity contribution in [2.24, 2.45) is 5.92 Å². The van der Waals surface area contributed by atoms with Gasteiger partial charge in [-0.3, -0.25) is 4.79 Å². The highest BCUT2D eigenvalue weighted by Gasteiger charge is 2.24. The summed E-state index contributed by atoms with van der Waals surface area (Å²) in [5.41, 5.74) is 1.11. The Morgan fingerprint density at radius 3 is 2.76 bits per heavy atom. The molecule has 1 heterocycles. The molecule has 1 aromatic carbocycles. The Balaban J connectivity index is 1.78. The van der Waals surface area contributed by atoms with Crippen molar-refractivity contribution in [1.82, 2.24) is 5.32 Å². The monoisotopic (exact) mass is 311 g/mol. The maximum absolute atomic E-state index is 11.7. The highest BCUT2D eigenvalue weighted by molar-refractivity contribution is 7.92. The second-order valence-corrected chi connectivity index (χ2v) is 7.91. The average Bonchev–Trinajstić information content (AvgIpc) is 2.76. The first-order chi connectivity index (χ1) is 9.85. The molecule has 1 unspecified atom stereocenters. The van der Waals surface area contributed by atoms with Gasteiger partial charge in [0, 0.05) is 6.42 Å². The summed E-state index contributed by atoms with van der Waals surface area (Å²) < 4.78 is 29.2. The molecule has 6 heteroatoms. The molecule has 1 aliphatic heterocycles. The molecule has 0 fully saturated rings. The Kier molecular flexibility index (Phi) is 4.88. The van der Waals surface area contributed by atoms with E-state index >= 15 is 0 Å². The SMILES string of the molecule is CC(C)CS(=O)(=O)CC(=O)NCC1Cc2ccccc2O1. The smallest absolute Gasteiger partial charge is 0.235 e. The van der Waals surface area contributed by atoms with Gasteiger partial charge in [0.05, 0.1) is 12.3 Å². The van der Waals surface area contributed by atoms with Gasteiger partial charge in [-0.05, 0) is 17.5 Å². The maximum Gasteiger partial charge on any atom is 0.235 e. The van der Waals surface area contributed by atoms with Crippen LogP contribution >= 0.6 is 0 Å². The first kappa shape index (κ1) is 15.8. The van der Waals surface area contributed by atoms with Crippen molar-refractivity contribution in [2.45, 2.75) is 26.4 Å². The fourth-order valence-corrected chi connectivity index (χ4v) is 4.05. The third-order valence-electron chi connectivity index (χ3n) is 3.18. The van der Waals surface area contributed by atoms with Gasteiger partial charge in [-0.2, -0.15) is 0 Å². The van der Waals surface area contributed by atoms with Gasteiger partial charge in [0.1, 0.15) is 17.6 Å². The van der Waals surface area contributed by atoms with Crippen LogP contribution in [-0.2, 0) is 21.1 Å². The van der Waals surface area contributed by atoms with E-state index < -0.39 is 21.5 Å². The number of ether oxygens (including phenoxy) is 1. The normalized spacial score (nSPS) is 17.4. The Morgan fingerprint density at radius 2 is 2.10 bits per heavy atom. The predicted molar refractivity (Wildman–Crippen MR) is 81.1 cm³/mol. The van der Waals surface area contributed by atoms with E-state index in [4.69, 9.17) is 4.74 Å². The van der Waals surface area contributed by atoms with Gasteiger partial charge in [-0.1, -0.05) is 32.0 Å². The summed E-state index contributed by atoms with van der Waals surface area (Å²) in [5, 5.41) is 2.65. The Hall–Kier alpha value is -1.56. The summed E-state index contributed by atoms with van der Waals surface area (Å²) in [6.07, 6.45) is 0.606. The van der Waals surface area contributed by atoms with Crippen LogP contribution in [0.15, 0.2) is 24.3 Å². The number of benzene rings is 1. The minimum absolute atomic E-state index is 0.0236. The third-order valence-corrected chi connectivity index (χ3v) is 5.06. The van der Waals surface area contributed by atoms with Crippen molar-refractivity contribution >= 4 is 15.7 Å². The Bertz CT molecular complexity index is 585. The van der Waals surface area contributed by atoms with E-state index in [2.05, 4.69) is 5.32 Å². The van der Waals surface area contributed by atoms with Crippen molar-refractivity contribution in [3.05, 3.63) is 29.8 Å². The molecule has 21 heavy (non-hydrogen) atoms. The summed E-state index contributed by atoms with van der Waals surface area (Å²) in [4.78, 5) is 11.7. The van der Waals surface area contributed by atoms with E-state index in [1.807, 2.05) is 38.1 Å². The minimum atomic E-state index is -3.33. The fraction of sp³-hybridized carbons (Fsp3) is 0.533. The number of carbonyl (C=O) groups excluding carboxylic acids is 1. The summed E-state index contributed by atoms with van der Waals surface area (Å²) in [5.74, 6) is -0.0220. The lowest BCUT2D eigenvalue weighted by Gasteiger charge is -2.12. The van der Waals surface area contributed by atoms with E-state index in [1.54, 1.807) is 0 Å². The predicted octanol–water partition coefficient (Wildman–Crippen LogP) is 1.18. The van der Waals surface area contributed by atoms with Crippen molar-refractivity contribution in [1.29, 1.82) is 0 Å². The van der Waals surface area contributed by atoms with Crippen molar-refractivity contribution in [3.8, 4) is 5.75 Å². The molecule has 0 saturated carbocycles. The lowest BCUT2D eigenvalue weighted by molar-refractivity contribution is -0.118. The second kappa shape index (κ2) is 6.47. The van der Waals surface area contributed by atoms with Crippen molar-refractivity contribution < 1.29 is 17.9 Å². The zero-order valence-electron chi connectivity index (χ0n) is 12.3. The number of rotatable bonds is 6. The highest BCUT2D eigenvalue weighted by atomic mass is 32.2. The van der Waals surface area contributed by atoms with Gasteiger partial charge in [0.25, 0.3) is 0 Å². The highest BCUT2D eigenvalue weighted by Crippen LogP contribution is 2.27. The lowest BCUT2D eigenvalue weighted by atomic mass is 10.1. The van der Waals surface area contributed by atoms with Gasteiger partial charge in [0.15, 0.2) is 9.84 Å². The molecule has 116 valence electrons. The molecule has 1 atom stereocenters. The van der Waals surface area contributed by atoms with Crippen LogP contribution in [0.1, 0.15) is 19.4 Å². The van der Waals surface area contributed by atoms with Crippen molar-refractivity contribution in [3.63, 3.8) is 0 Å². The largest absolute Gasteiger partial charge is 0.488 e. The fourth-order valence-electron chi connectivity index (χ4n) is 2.41. The van der Waals surface area contributed by atoms with Gasteiger partial charge in [0.2, 0.25) is 5.91 Å². The summed E-state index contributed by atoms with van der Waals surface area (Å²) in [6, 6.07) is 7.73. The summed E-state index contributed by atoms with van der Waals surface area (Å²) in [7, 11) is -3.33. The van der Waals surface area contributed by atoms with Gasteiger partial charge in [-0.15, -0.1) is 0 Å². The van der Waals surface area contributed by atoms with Crippen LogP contribution in [0.4, 0.5) is 0 Å².